The Balaban J connectivity index is 1.81. The number of nitrogens with zero attached hydrogens (tertiary/aromatic N) is 1. The molecule has 1 aliphatic heterocycles. The van der Waals surface area contributed by atoms with Crippen LogP contribution in [0.2, 0.25) is 5.02 Å². The lowest BCUT2D eigenvalue weighted by Gasteiger charge is -2.26. The molecule has 158 valence electrons. The van der Waals surface area contributed by atoms with Crippen LogP contribution in [0.3, 0.4) is 0 Å². The van der Waals surface area contributed by atoms with Crippen molar-refractivity contribution in [1.82, 2.24) is 9.62 Å². The number of hydrogen-bond donors (Lipinski definition) is 1. The maximum absolute atomic E-state index is 12.9. The summed E-state index contributed by atoms with van der Waals surface area (Å²) in [6, 6.07) is 9.86. The van der Waals surface area contributed by atoms with Gasteiger partial charge in [-0.25, -0.2) is 21.6 Å². The molecule has 0 aliphatic carbocycles. The second-order valence-electron chi connectivity index (χ2n) is 6.74. The largest absolute Gasteiger partial charge is 0.379 e. The number of sulfone groups is 1. The monoisotopic (exact) mass is 458 g/mol. The maximum atomic E-state index is 12.9. The van der Waals surface area contributed by atoms with E-state index in [9.17, 15) is 16.8 Å². The van der Waals surface area contributed by atoms with Crippen molar-refractivity contribution in [3.05, 3.63) is 53.1 Å². The van der Waals surface area contributed by atoms with Gasteiger partial charge in [0.2, 0.25) is 19.9 Å². The van der Waals surface area contributed by atoms with Crippen LogP contribution < -0.4 is 4.72 Å². The van der Waals surface area contributed by atoms with Gasteiger partial charge in [-0.05, 0) is 48.9 Å². The number of morpholine rings is 1. The summed E-state index contributed by atoms with van der Waals surface area (Å²) in [4.78, 5) is 2.03. The van der Waals surface area contributed by atoms with Crippen molar-refractivity contribution in [3.63, 3.8) is 0 Å². The molecule has 0 saturated carbocycles. The van der Waals surface area contributed by atoms with Crippen molar-refractivity contribution in [2.24, 2.45) is 0 Å². The van der Waals surface area contributed by atoms with Gasteiger partial charge in [-0.15, -0.1) is 0 Å². The predicted molar refractivity (Wildman–Crippen MR) is 111 cm³/mol. The van der Waals surface area contributed by atoms with E-state index in [0.29, 0.717) is 30.3 Å². The van der Waals surface area contributed by atoms with Crippen LogP contribution in [-0.4, -0.2) is 61.1 Å². The van der Waals surface area contributed by atoms with Crippen LogP contribution in [0.4, 0.5) is 0 Å². The third-order valence-corrected chi connectivity index (χ3v) is 8.33. The van der Waals surface area contributed by atoms with E-state index in [0.717, 1.165) is 13.1 Å². The van der Waals surface area contributed by atoms with Crippen molar-refractivity contribution in [3.8, 4) is 0 Å². The van der Waals surface area contributed by atoms with Gasteiger partial charge in [-0.3, -0.25) is 4.90 Å². The topological polar surface area (TPSA) is 92.8 Å². The minimum Gasteiger partial charge on any atom is -0.379 e. The van der Waals surface area contributed by atoms with E-state index in [1.807, 2.05) is 0 Å². The summed E-state index contributed by atoms with van der Waals surface area (Å²) in [6.45, 7) is 5.22. The Morgan fingerprint density at radius 2 is 1.62 bits per heavy atom. The van der Waals surface area contributed by atoms with Gasteiger partial charge in [-0.1, -0.05) is 17.7 Å². The Bertz CT molecular complexity index is 1060. The molecule has 2 aromatic rings. The molecule has 1 N–H and O–H groups in total. The standard InChI is InChI=1S/C19H23ClN2O5S2/c1-15-2-5-18(28(23,24)17-6-3-16(20)4-7-17)14-19(15)29(25,26)21-8-9-22-10-12-27-13-11-22/h2-7,14,21H,8-13H2,1H3. The van der Waals surface area contributed by atoms with Gasteiger partial charge >= 0.3 is 0 Å². The molecule has 0 aromatic heterocycles. The summed E-state index contributed by atoms with van der Waals surface area (Å²) in [5.41, 5.74) is 0.471. The molecule has 3 rings (SSSR count). The normalized spacial score (nSPS) is 16.1. The van der Waals surface area contributed by atoms with Crippen LogP contribution in [0.25, 0.3) is 0 Å². The van der Waals surface area contributed by atoms with Gasteiger partial charge in [0, 0.05) is 31.2 Å². The highest BCUT2D eigenvalue weighted by Gasteiger charge is 2.23. The number of sulfonamides is 1. The second-order valence-corrected chi connectivity index (χ2v) is 10.9. The van der Waals surface area contributed by atoms with Crippen molar-refractivity contribution in [2.45, 2.75) is 21.6 Å². The van der Waals surface area contributed by atoms with Gasteiger partial charge < -0.3 is 4.74 Å². The molecule has 0 amide bonds. The quantitative estimate of drug-likeness (QED) is 0.683. The average Bonchev–Trinajstić information content (AvgIpc) is 2.69. The molecule has 0 unspecified atom stereocenters. The Kier molecular flexibility index (Phi) is 6.98. The zero-order valence-electron chi connectivity index (χ0n) is 16.0. The van der Waals surface area contributed by atoms with E-state index >= 15 is 0 Å². The first-order chi connectivity index (χ1) is 13.7. The molecule has 0 radical (unpaired) electrons. The van der Waals surface area contributed by atoms with Gasteiger partial charge in [0.15, 0.2) is 0 Å². The fourth-order valence-electron chi connectivity index (χ4n) is 3.03. The molecule has 2 aromatic carbocycles. The van der Waals surface area contributed by atoms with Crippen molar-refractivity contribution in [2.75, 3.05) is 39.4 Å². The first kappa shape index (κ1) is 22.2. The molecule has 0 atom stereocenters. The lowest BCUT2D eigenvalue weighted by molar-refractivity contribution is 0.0390. The smallest absolute Gasteiger partial charge is 0.240 e. The van der Waals surface area contributed by atoms with E-state index in [1.165, 1.54) is 42.5 Å². The summed E-state index contributed by atoms with van der Waals surface area (Å²) in [5, 5.41) is 0.417. The molecule has 1 aliphatic rings. The van der Waals surface area contributed by atoms with Crippen molar-refractivity contribution in [1.29, 1.82) is 0 Å². The number of nitrogens with one attached hydrogen (secondary N) is 1. The predicted octanol–water partition coefficient (Wildman–Crippen LogP) is 2.09. The van der Waals surface area contributed by atoms with Crippen LogP contribution >= 0.6 is 11.6 Å². The van der Waals surface area contributed by atoms with E-state index in [1.54, 1.807) is 6.92 Å². The van der Waals surface area contributed by atoms with E-state index in [4.69, 9.17) is 16.3 Å². The van der Waals surface area contributed by atoms with Crippen molar-refractivity contribution >= 4 is 31.5 Å². The lowest BCUT2D eigenvalue weighted by Crippen LogP contribution is -2.41. The van der Waals surface area contributed by atoms with Crippen LogP contribution in [0, 0.1) is 6.92 Å². The Morgan fingerprint density at radius 1 is 1.00 bits per heavy atom. The number of ether oxygens (including phenoxy) is 1. The number of aryl methyl sites for hydroxylation is 1. The first-order valence-corrected chi connectivity index (χ1v) is 12.5. The molecular formula is C19H23ClN2O5S2. The SMILES string of the molecule is Cc1ccc(S(=O)(=O)c2ccc(Cl)cc2)cc1S(=O)(=O)NCCN1CCOCC1. The molecule has 1 heterocycles. The second kappa shape index (κ2) is 9.11. The van der Waals surface area contributed by atoms with Crippen molar-refractivity contribution < 1.29 is 21.6 Å². The van der Waals surface area contributed by atoms with Gasteiger partial charge in [0.1, 0.15) is 0 Å². The number of halogens is 1. The molecule has 29 heavy (non-hydrogen) atoms. The average molecular weight is 459 g/mol. The number of benzene rings is 2. The molecule has 7 nitrogen and oxygen atoms in total. The summed E-state index contributed by atoms with van der Waals surface area (Å²) in [5.74, 6) is 0. The van der Waals surface area contributed by atoms with Crippen LogP contribution in [0.15, 0.2) is 57.2 Å². The fourth-order valence-corrected chi connectivity index (χ4v) is 5.80. The highest BCUT2D eigenvalue weighted by atomic mass is 35.5. The Labute approximate surface area is 176 Å². The zero-order valence-corrected chi connectivity index (χ0v) is 18.4. The maximum Gasteiger partial charge on any atom is 0.240 e. The Morgan fingerprint density at radius 3 is 2.28 bits per heavy atom. The van der Waals surface area contributed by atoms with Crippen LogP contribution in [0.5, 0.6) is 0 Å². The summed E-state index contributed by atoms with van der Waals surface area (Å²) < 4.78 is 59.2. The van der Waals surface area contributed by atoms with Gasteiger partial charge in [-0.2, -0.15) is 0 Å². The highest BCUT2D eigenvalue weighted by molar-refractivity contribution is 7.91. The highest BCUT2D eigenvalue weighted by Crippen LogP contribution is 2.26. The third kappa shape index (κ3) is 5.36. The molecular weight excluding hydrogens is 436 g/mol. The van der Waals surface area contributed by atoms with E-state index < -0.39 is 19.9 Å². The van der Waals surface area contributed by atoms with E-state index in [-0.39, 0.29) is 21.2 Å². The molecule has 10 heteroatoms. The van der Waals surface area contributed by atoms with Gasteiger partial charge in [0.05, 0.1) is 27.9 Å². The minimum absolute atomic E-state index is 0.0467. The van der Waals surface area contributed by atoms with Crippen LogP contribution in [0.1, 0.15) is 5.56 Å². The number of rotatable bonds is 7. The summed E-state index contributed by atoms with van der Waals surface area (Å²) in [6.07, 6.45) is 0. The van der Waals surface area contributed by atoms with Gasteiger partial charge in [0.25, 0.3) is 0 Å². The van der Waals surface area contributed by atoms with Crippen LogP contribution in [-0.2, 0) is 24.6 Å². The molecule has 0 spiro atoms. The molecule has 1 saturated heterocycles. The molecule has 1 fully saturated rings. The van der Waals surface area contributed by atoms with E-state index in [2.05, 4.69) is 9.62 Å². The minimum atomic E-state index is -3.87. The third-order valence-electron chi connectivity index (χ3n) is 4.71. The zero-order chi connectivity index (χ0) is 21.1. The summed E-state index contributed by atoms with van der Waals surface area (Å²) in [7, 11) is -7.72. The first-order valence-electron chi connectivity index (χ1n) is 9.11. The number of hydrogen-bond acceptors (Lipinski definition) is 6. The molecule has 0 bridgehead atoms. The summed E-state index contributed by atoms with van der Waals surface area (Å²) >= 11 is 5.83. The lowest BCUT2D eigenvalue weighted by atomic mass is 10.2. The Hall–Kier alpha value is -1.49. The fraction of sp³-hybridized carbons (Fsp3) is 0.368.